The van der Waals surface area contributed by atoms with Gasteiger partial charge in [0, 0.05) is 25.6 Å². The average molecular weight is 288 g/mol. The Hall–Kier alpha value is -2.01. The number of para-hydroxylation sites is 1. The Bertz CT molecular complexity index is 657. The summed E-state index contributed by atoms with van der Waals surface area (Å²) in [5, 5.41) is 3.95. The van der Waals surface area contributed by atoms with Crippen molar-refractivity contribution in [3.05, 3.63) is 30.0 Å². The van der Waals surface area contributed by atoms with Gasteiger partial charge in [0.25, 0.3) is 5.91 Å². The highest BCUT2D eigenvalue weighted by Gasteiger charge is 2.19. The number of fused-ring (bicyclic) bond motifs is 1. The van der Waals surface area contributed by atoms with Crippen molar-refractivity contribution in [2.75, 3.05) is 20.3 Å². The van der Waals surface area contributed by atoms with Crippen LogP contribution in [0, 0.1) is 0 Å². The first-order valence-electron chi connectivity index (χ1n) is 7.23. The summed E-state index contributed by atoms with van der Waals surface area (Å²) in [6, 6.07) is 7.70. The topological polar surface area (TPSA) is 52.5 Å². The van der Waals surface area contributed by atoms with Crippen molar-refractivity contribution in [1.29, 1.82) is 0 Å². The molecule has 1 atom stereocenters. The normalized spacial score (nSPS) is 18.1. The van der Waals surface area contributed by atoms with Crippen molar-refractivity contribution in [2.24, 2.45) is 7.05 Å². The summed E-state index contributed by atoms with van der Waals surface area (Å²) < 4.78 is 12.8. The van der Waals surface area contributed by atoms with Gasteiger partial charge >= 0.3 is 0 Å². The van der Waals surface area contributed by atoms with Crippen LogP contribution in [0.15, 0.2) is 24.3 Å². The molecule has 1 aromatic carbocycles. The van der Waals surface area contributed by atoms with Crippen LogP contribution < -0.4 is 10.1 Å². The Morgan fingerprint density at radius 3 is 3.10 bits per heavy atom. The first-order chi connectivity index (χ1) is 10.2. The molecule has 1 aromatic heterocycles. The molecule has 0 bridgehead atoms. The van der Waals surface area contributed by atoms with Gasteiger partial charge in [0.05, 0.1) is 18.7 Å². The van der Waals surface area contributed by atoms with Gasteiger partial charge in [-0.3, -0.25) is 4.79 Å². The summed E-state index contributed by atoms with van der Waals surface area (Å²) in [7, 11) is 3.52. The second-order valence-corrected chi connectivity index (χ2v) is 5.33. The van der Waals surface area contributed by atoms with Crippen LogP contribution in [-0.4, -0.2) is 36.8 Å². The second kappa shape index (κ2) is 5.77. The number of rotatable bonds is 4. The molecule has 112 valence electrons. The molecule has 3 rings (SSSR count). The number of aromatic nitrogens is 1. The first kappa shape index (κ1) is 13.9. The van der Waals surface area contributed by atoms with Crippen LogP contribution >= 0.6 is 0 Å². The SMILES string of the molecule is COc1cccc2cc(C(=O)NCC3CCCO3)n(C)c12. The van der Waals surface area contributed by atoms with Crippen molar-refractivity contribution in [1.82, 2.24) is 9.88 Å². The van der Waals surface area contributed by atoms with Gasteiger partial charge in [-0.2, -0.15) is 0 Å². The lowest BCUT2D eigenvalue weighted by Gasteiger charge is -2.11. The first-order valence-corrected chi connectivity index (χ1v) is 7.23. The molecule has 2 aromatic rings. The molecule has 1 aliphatic heterocycles. The van der Waals surface area contributed by atoms with E-state index in [1.807, 2.05) is 35.9 Å². The summed E-state index contributed by atoms with van der Waals surface area (Å²) >= 11 is 0. The molecule has 2 heterocycles. The molecule has 0 spiro atoms. The Morgan fingerprint density at radius 2 is 2.38 bits per heavy atom. The molecule has 1 saturated heterocycles. The fourth-order valence-electron chi connectivity index (χ4n) is 2.86. The highest BCUT2D eigenvalue weighted by atomic mass is 16.5. The number of benzene rings is 1. The fourth-order valence-corrected chi connectivity index (χ4v) is 2.86. The van der Waals surface area contributed by atoms with Crippen LogP contribution in [-0.2, 0) is 11.8 Å². The van der Waals surface area contributed by atoms with Gasteiger partial charge in [-0.15, -0.1) is 0 Å². The molecule has 5 heteroatoms. The Labute approximate surface area is 123 Å². The van der Waals surface area contributed by atoms with E-state index in [2.05, 4.69) is 5.32 Å². The highest BCUT2D eigenvalue weighted by Crippen LogP contribution is 2.27. The molecule has 1 unspecified atom stereocenters. The smallest absolute Gasteiger partial charge is 0.268 e. The molecule has 5 nitrogen and oxygen atoms in total. The quantitative estimate of drug-likeness (QED) is 0.937. The van der Waals surface area contributed by atoms with E-state index in [4.69, 9.17) is 9.47 Å². The molecular weight excluding hydrogens is 268 g/mol. The minimum absolute atomic E-state index is 0.0775. The molecule has 0 aliphatic carbocycles. The minimum atomic E-state index is -0.0775. The summed E-state index contributed by atoms with van der Waals surface area (Å²) in [5.41, 5.74) is 1.56. The van der Waals surface area contributed by atoms with E-state index in [1.165, 1.54) is 0 Å². The maximum atomic E-state index is 12.4. The van der Waals surface area contributed by atoms with Gasteiger partial charge in [0.15, 0.2) is 0 Å². The summed E-state index contributed by atoms with van der Waals surface area (Å²) in [6.07, 6.45) is 2.24. The molecule has 21 heavy (non-hydrogen) atoms. The predicted octanol–water partition coefficient (Wildman–Crippen LogP) is 2.10. The molecule has 1 amide bonds. The van der Waals surface area contributed by atoms with Gasteiger partial charge in [0.2, 0.25) is 0 Å². The second-order valence-electron chi connectivity index (χ2n) is 5.33. The lowest BCUT2D eigenvalue weighted by molar-refractivity contribution is 0.0851. The zero-order chi connectivity index (χ0) is 14.8. The number of ether oxygens (including phenoxy) is 2. The molecule has 1 fully saturated rings. The number of nitrogens with one attached hydrogen (secondary N) is 1. The molecule has 1 aliphatic rings. The van der Waals surface area contributed by atoms with E-state index in [9.17, 15) is 4.79 Å². The predicted molar refractivity (Wildman–Crippen MR) is 80.8 cm³/mol. The van der Waals surface area contributed by atoms with Crippen LogP contribution in [0.3, 0.4) is 0 Å². The van der Waals surface area contributed by atoms with E-state index in [0.29, 0.717) is 12.2 Å². The van der Waals surface area contributed by atoms with Gasteiger partial charge in [-0.05, 0) is 25.0 Å². The van der Waals surface area contributed by atoms with Crippen LogP contribution in [0.4, 0.5) is 0 Å². The molecule has 0 radical (unpaired) electrons. The van der Waals surface area contributed by atoms with Crippen LogP contribution in [0.2, 0.25) is 0 Å². The van der Waals surface area contributed by atoms with Gasteiger partial charge in [-0.25, -0.2) is 0 Å². The van der Waals surface area contributed by atoms with Gasteiger partial charge < -0.3 is 19.4 Å². The number of hydrogen-bond donors (Lipinski definition) is 1. The van der Waals surface area contributed by atoms with Crippen molar-refractivity contribution in [3.8, 4) is 5.75 Å². The largest absolute Gasteiger partial charge is 0.495 e. The van der Waals surface area contributed by atoms with Gasteiger partial charge in [-0.1, -0.05) is 12.1 Å². The molecular formula is C16H20N2O3. The number of methoxy groups -OCH3 is 1. The summed E-state index contributed by atoms with van der Waals surface area (Å²) in [4.78, 5) is 12.4. The van der Waals surface area contributed by atoms with Crippen molar-refractivity contribution in [3.63, 3.8) is 0 Å². The van der Waals surface area contributed by atoms with Crippen LogP contribution in [0.1, 0.15) is 23.3 Å². The number of hydrogen-bond acceptors (Lipinski definition) is 3. The highest BCUT2D eigenvalue weighted by molar-refractivity contribution is 6.00. The van der Waals surface area contributed by atoms with E-state index >= 15 is 0 Å². The average Bonchev–Trinajstić information content (AvgIpc) is 3.13. The molecule has 0 saturated carbocycles. The summed E-state index contributed by atoms with van der Waals surface area (Å²) in [6.45, 7) is 1.36. The van der Waals surface area contributed by atoms with E-state index in [-0.39, 0.29) is 12.0 Å². The maximum absolute atomic E-state index is 12.4. The minimum Gasteiger partial charge on any atom is -0.495 e. The monoisotopic (exact) mass is 288 g/mol. The summed E-state index contributed by atoms with van der Waals surface area (Å²) in [5.74, 6) is 0.694. The van der Waals surface area contributed by atoms with Crippen molar-refractivity contribution in [2.45, 2.75) is 18.9 Å². The molecule has 1 N–H and O–H groups in total. The number of nitrogens with zero attached hydrogens (tertiary/aromatic N) is 1. The number of aryl methyl sites for hydroxylation is 1. The Morgan fingerprint density at radius 1 is 1.52 bits per heavy atom. The van der Waals surface area contributed by atoms with Crippen LogP contribution in [0.5, 0.6) is 5.75 Å². The Kier molecular flexibility index (Phi) is 3.84. The van der Waals surface area contributed by atoms with Crippen LogP contribution in [0.25, 0.3) is 10.9 Å². The lowest BCUT2D eigenvalue weighted by atomic mass is 10.2. The standard InChI is InChI=1S/C16H20N2O3/c1-18-13(16(19)17-10-12-6-4-8-21-12)9-11-5-3-7-14(20-2)15(11)18/h3,5,7,9,12H,4,6,8,10H2,1-2H3,(H,17,19). The zero-order valence-electron chi connectivity index (χ0n) is 12.4. The Balaban J connectivity index is 1.82. The lowest BCUT2D eigenvalue weighted by Crippen LogP contribution is -2.32. The third-order valence-corrected chi connectivity index (χ3v) is 3.99. The van der Waals surface area contributed by atoms with E-state index in [1.54, 1.807) is 7.11 Å². The number of amides is 1. The maximum Gasteiger partial charge on any atom is 0.268 e. The van der Waals surface area contributed by atoms with Crippen molar-refractivity contribution < 1.29 is 14.3 Å². The van der Waals surface area contributed by atoms with Gasteiger partial charge in [0.1, 0.15) is 11.4 Å². The van der Waals surface area contributed by atoms with E-state index in [0.717, 1.165) is 36.1 Å². The third-order valence-electron chi connectivity index (χ3n) is 3.99. The van der Waals surface area contributed by atoms with E-state index < -0.39 is 0 Å². The number of carbonyl (C=O) groups is 1. The number of carbonyl (C=O) groups excluding carboxylic acids is 1. The third kappa shape index (κ3) is 2.61. The fraction of sp³-hybridized carbons (Fsp3) is 0.438. The zero-order valence-corrected chi connectivity index (χ0v) is 12.4. The van der Waals surface area contributed by atoms with Crippen molar-refractivity contribution >= 4 is 16.8 Å².